The highest BCUT2D eigenvalue weighted by Gasteiger charge is 2.12. The number of nitrogens with one attached hydrogen (secondary N) is 2. The molecule has 0 saturated heterocycles. The van der Waals surface area contributed by atoms with E-state index >= 15 is 0 Å². The minimum atomic E-state index is -0.347. The number of aromatic nitrogens is 2. The van der Waals surface area contributed by atoms with Crippen LogP contribution in [0.25, 0.3) is 0 Å². The van der Waals surface area contributed by atoms with Gasteiger partial charge in [-0.1, -0.05) is 32.0 Å². The standard InChI is InChI=1S/C22H22N4O2/c1-15(2)17-5-7-19(8-6-17)26-21(27)18-9-11-24-20(12-18)22(28)25-14-16-4-3-10-23-13-16/h3-13,15H,14H2,1-2H3,(H,25,28)(H,26,27). The first-order valence-corrected chi connectivity index (χ1v) is 9.07. The summed E-state index contributed by atoms with van der Waals surface area (Å²) >= 11 is 0. The molecule has 0 spiro atoms. The Kier molecular flexibility index (Phi) is 6.11. The van der Waals surface area contributed by atoms with Crippen LogP contribution in [0, 0.1) is 0 Å². The molecule has 2 aromatic heterocycles. The zero-order chi connectivity index (χ0) is 19.9. The Labute approximate surface area is 164 Å². The molecular weight excluding hydrogens is 352 g/mol. The number of pyridine rings is 2. The highest BCUT2D eigenvalue weighted by atomic mass is 16.2. The van der Waals surface area contributed by atoms with Gasteiger partial charge in [-0.05, 0) is 47.4 Å². The Morgan fingerprint density at radius 1 is 1.00 bits per heavy atom. The number of carbonyl (C=O) groups is 2. The monoisotopic (exact) mass is 374 g/mol. The van der Waals surface area contributed by atoms with Crippen molar-refractivity contribution in [2.24, 2.45) is 0 Å². The van der Waals surface area contributed by atoms with Crippen molar-refractivity contribution in [2.45, 2.75) is 26.3 Å². The fourth-order valence-corrected chi connectivity index (χ4v) is 2.63. The van der Waals surface area contributed by atoms with Gasteiger partial charge in [0.1, 0.15) is 5.69 Å². The van der Waals surface area contributed by atoms with Gasteiger partial charge in [0.2, 0.25) is 0 Å². The van der Waals surface area contributed by atoms with E-state index in [0.29, 0.717) is 23.7 Å². The van der Waals surface area contributed by atoms with Crippen molar-refractivity contribution >= 4 is 17.5 Å². The number of anilines is 1. The van der Waals surface area contributed by atoms with E-state index in [2.05, 4.69) is 34.4 Å². The molecule has 0 unspecified atom stereocenters. The van der Waals surface area contributed by atoms with Gasteiger partial charge in [0, 0.05) is 36.4 Å². The summed E-state index contributed by atoms with van der Waals surface area (Å²) in [6.45, 7) is 4.57. The number of nitrogens with zero attached hydrogens (tertiary/aromatic N) is 2. The molecule has 6 nitrogen and oxygen atoms in total. The third-order valence-corrected chi connectivity index (χ3v) is 4.27. The van der Waals surface area contributed by atoms with Crippen molar-refractivity contribution in [3.05, 3.63) is 89.5 Å². The molecule has 142 valence electrons. The summed E-state index contributed by atoms with van der Waals surface area (Å²) in [5.74, 6) is -0.210. The molecule has 0 aliphatic rings. The highest BCUT2D eigenvalue weighted by Crippen LogP contribution is 2.17. The van der Waals surface area contributed by atoms with Gasteiger partial charge in [0.25, 0.3) is 11.8 Å². The number of carbonyl (C=O) groups excluding carboxylic acids is 2. The lowest BCUT2D eigenvalue weighted by atomic mass is 10.0. The maximum absolute atomic E-state index is 12.5. The quantitative estimate of drug-likeness (QED) is 0.688. The predicted octanol–water partition coefficient (Wildman–Crippen LogP) is 3.78. The average molecular weight is 374 g/mol. The summed E-state index contributed by atoms with van der Waals surface area (Å²) < 4.78 is 0. The van der Waals surface area contributed by atoms with Gasteiger partial charge in [-0.25, -0.2) is 0 Å². The largest absolute Gasteiger partial charge is 0.347 e. The molecule has 0 bridgehead atoms. The lowest BCUT2D eigenvalue weighted by Gasteiger charge is -2.09. The minimum absolute atomic E-state index is 0.187. The Bertz CT molecular complexity index is 954. The van der Waals surface area contributed by atoms with E-state index in [-0.39, 0.29) is 17.5 Å². The Balaban J connectivity index is 1.64. The van der Waals surface area contributed by atoms with Crippen LogP contribution in [0.5, 0.6) is 0 Å². The van der Waals surface area contributed by atoms with Crippen LogP contribution < -0.4 is 10.6 Å². The second-order valence-corrected chi connectivity index (χ2v) is 6.70. The van der Waals surface area contributed by atoms with Crippen molar-refractivity contribution in [1.29, 1.82) is 0 Å². The van der Waals surface area contributed by atoms with Crippen LogP contribution in [0.2, 0.25) is 0 Å². The van der Waals surface area contributed by atoms with Crippen LogP contribution in [0.4, 0.5) is 5.69 Å². The smallest absolute Gasteiger partial charge is 0.270 e. The molecule has 0 aliphatic carbocycles. The van der Waals surface area contributed by atoms with E-state index in [1.165, 1.54) is 17.8 Å². The van der Waals surface area contributed by atoms with Gasteiger partial charge in [0.15, 0.2) is 0 Å². The van der Waals surface area contributed by atoms with Gasteiger partial charge in [0.05, 0.1) is 0 Å². The zero-order valence-corrected chi connectivity index (χ0v) is 15.8. The molecule has 0 fully saturated rings. The normalized spacial score (nSPS) is 10.5. The molecule has 2 amide bonds. The topological polar surface area (TPSA) is 84.0 Å². The van der Waals surface area contributed by atoms with E-state index in [1.807, 2.05) is 30.3 Å². The summed E-state index contributed by atoms with van der Waals surface area (Å²) in [4.78, 5) is 32.9. The van der Waals surface area contributed by atoms with Crippen LogP contribution in [0.1, 0.15) is 51.7 Å². The molecule has 0 atom stereocenters. The average Bonchev–Trinajstić information content (AvgIpc) is 2.73. The third kappa shape index (κ3) is 5.01. The molecule has 3 rings (SSSR count). The number of hydrogen-bond donors (Lipinski definition) is 2. The molecule has 0 saturated carbocycles. The molecule has 3 aromatic rings. The molecule has 28 heavy (non-hydrogen) atoms. The lowest BCUT2D eigenvalue weighted by molar-refractivity contribution is 0.0946. The van der Waals surface area contributed by atoms with Crippen molar-refractivity contribution in [1.82, 2.24) is 15.3 Å². The lowest BCUT2D eigenvalue weighted by Crippen LogP contribution is -2.24. The number of hydrogen-bond acceptors (Lipinski definition) is 4. The van der Waals surface area contributed by atoms with Crippen molar-refractivity contribution < 1.29 is 9.59 Å². The second kappa shape index (κ2) is 8.90. The van der Waals surface area contributed by atoms with E-state index < -0.39 is 0 Å². The maximum Gasteiger partial charge on any atom is 0.270 e. The van der Waals surface area contributed by atoms with Crippen LogP contribution >= 0.6 is 0 Å². The number of benzene rings is 1. The van der Waals surface area contributed by atoms with Gasteiger partial charge in [-0.2, -0.15) is 0 Å². The first-order chi connectivity index (χ1) is 13.5. The van der Waals surface area contributed by atoms with E-state index in [1.54, 1.807) is 24.5 Å². The number of rotatable bonds is 6. The summed E-state index contributed by atoms with van der Waals surface area (Å²) in [6.07, 6.45) is 4.81. The van der Waals surface area contributed by atoms with Crippen LogP contribution in [-0.2, 0) is 6.54 Å². The molecule has 2 N–H and O–H groups in total. The zero-order valence-electron chi connectivity index (χ0n) is 15.8. The van der Waals surface area contributed by atoms with Gasteiger partial charge in [-0.3, -0.25) is 19.6 Å². The Morgan fingerprint density at radius 3 is 2.46 bits per heavy atom. The van der Waals surface area contributed by atoms with E-state index in [4.69, 9.17) is 0 Å². The molecular formula is C22H22N4O2. The van der Waals surface area contributed by atoms with Crippen LogP contribution in [0.15, 0.2) is 67.1 Å². The third-order valence-electron chi connectivity index (χ3n) is 4.27. The fraction of sp³-hybridized carbons (Fsp3) is 0.182. The highest BCUT2D eigenvalue weighted by molar-refractivity contribution is 6.05. The fourth-order valence-electron chi connectivity index (χ4n) is 2.63. The summed E-state index contributed by atoms with van der Waals surface area (Å²) in [5.41, 5.74) is 3.35. The van der Waals surface area contributed by atoms with E-state index in [0.717, 1.165) is 5.56 Å². The minimum Gasteiger partial charge on any atom is -0.347 e. The van der Waals surface area contributed by atoms with Crippen LogP contribution in [-0.4, -0.2) is 21.8 Å². The van der Waals surface area contributed by atoms with Gasteiger partial charge < -0.3 is 10.6 Å². The summed E-state index contributed by atoms with van der Waals surface area (Å²) in [5, 5.41) is 5.62. The predicted molar refractivity (Wildman–Crippen MR) is 108 cm³/mol. The molecule has 0 radical (unpaired) electrons. The maximum atomic E-state index is 12.5. The first kappa shape index (κ1) is 19.2. The summed E-state index contributed by atoms with van der Waals surface area (Å²) in [6, 6.07) is 14.5. The van der Waals surface area contributed by atoms with Crippen LogP contribution in [0.3, 0.4) is 0 Å². The van der Waals surface area contributed by atoms with Crippen molar-refractivity contribution in [3.63, 3.8) is 0 Å². The Morgan fingerprint density at radius 2 is 1.79 bits per heavy atom. The number of amides is 2. The van der Waals surface area contributed by atoms with Crippen molar-refractivity contribution in [2.75, 3.05) is 5.32 Å². The molecule has 2 heterocycles. The van der Waals surface area contributed by atoms with Gasteiger partial charge >= 0.3 is 0 Å². The van der Waals surface area contributed by atoms with E-state index in [9.17, 15) is 9.59 Å². The SMILES string of the molecule is CC(C)c1ccc(NC(=O)c2ccnc(C(=O)NCc3cccnc3)c2)cc1. The van der Waals surface area contributed by atoms with Crippen molar-refractivity contribution in [3.8, 4) is 0 Å². The first-order valence-electron chi connectivity index (χ1n) is 9.07. The van der Waals surface area contributed by atoms with Gasteiger partial charge in [-0.15, -0.1) is 0 Å². The second-order valence-electron chi connectivity index (χ2n) is 6.70. The molecule has 1 aromatic carbocycles. The molecule has 0 aliphatic heterocycles. The molecule has 6 heteroatoms. The summed E-state index contributed by atoms with van der Waals surface area (Å²) in [7, 11) is 0. The Hall–Kier alpha value is -3.54.